The van der Waals surface area contributed by atoms with Gasteiger partial charge in [0.05, 0.1) is 0 Å². The first-order chi connectivity index (χ1) is 9.17. The van der Waals surface area contributed by atoms with Gasteiger partial charge in [-0.05, 0) is 56.3 Å². The Bertz CT molecular complexity index is 390. The third kappa shape index (κ3) is 5.97. The third-order valence-corrected chi connectivity index (χ3v) is 3.11. The van der Waals surface area contributed by atoms with E-state index in [2.05, 4.69) is 18.8 Å². The lowest BCUT2D eigenvalue weighted by molar-refractivity contribution is 0.462. The molecule has 1 N–H and O–H groups in total. The zero-order valence-corrected chi connectivity index (χ0v) is 11.6. The van der Waals surface area contributed by atoms with Crippen molar-refractivity contribution in [3.05, 3.63) is 48.1 Å². The molecule has 0 spiro atoms. The first-order valence-electron chi connectivity index (χ1n) is 6.95. The quantitative estimate of drug-likeness (QED) is 0.521. The summed E-state index contributed by atoms with van der Waals surface area (Å²) in [6, 6.07) is 4.46. The summed E-state index contributed by atoms with van der Waals surface area (Å²) in [5.74, 6) is -1.55. The summed E-state index contributed by atoms with van der Waals surface area (Å²) in [4.78, 5) is 0. The molecule has 0 heterocycles. The molecule has 1 unspecified atom stereocenters. The Morgan fingerprint density at radius 1 is 1.32 bits per heavy atom. The zero-order valence-electron chi connectivity index (χ0n) is 11.6. The van der Waals surface area contributed by atoms with Gasteiger partial charge in [-0.3, -0.25) is 0 Å². The van der Waals surface area contributed by atoms with E-state index < -0.39 is 11.6 Å². The van der Waals surface area contributed by atoms with Gasteiger partial charge in [-0.1, -0.05) is 19.1 Å². The number of halogens is 2. The number of hydrogen-bond donors (Lipinski definition) is 1. The number of benzene rings is 1. The predicted molar refractivity (Wildman–Crippen MR) is 76.2 cm³/mol. The Morgan fingerprint density at radius 3 is 2.74 bits per heavy atom. The molecular weight excluding hydrogens is 244 g/mol. The summed E-state index contributed by atoms with van der Waals surface area (Å²) in [6.07, 6.45) is 6.78. The van der Waals surface area contributed by atoms with Crippen molar-refractivity contribution in [1.29, 1.82) is 0 Å². The van der Waals surface area contributed by atoms with Crippen LogP contribution in [0.5, 0.6) is 0 Å². The lowest BCUT2D eigenvalue weighted by Gasteiger charge is -2.18. The van der Waals surface area contributed by atoms with Crippen molar-refractivity contribution in [1.82, 2.24) is 5.32 Å². The summed E-state index contributed by atoms with van der Waals surface area (Å²) in [5.41, 5.74) is 0.839. The molecular formula is C16H23F2N. The van der Waals surface area contributed by atoms with E-state index in [-0.39, 0.29) is 0 Å². The molecule has 3 heteroatoms. The molecule has 0 saturated carbocycles. The Hall–Kier alpha value is -1.22. The SMILES string of the molecule is C=CCCCC(Cc1ccc(F)c(F)c1)NCCC. The largest absolute Gasteiger partial charge is 0.314 e. The molecule has 0 amide bonds. The molecule has 1 aromatic carbocycles. The second kappa shape index (κ2) is 8.81. The highest BCUT2D eigenvalue weighted by Gasteiger charge is 2.10. The van der Waals surface area contributed by atoms with Crippen LogP contribution < -0.4 is 5.32 Å². The fraction of sp³-hybridized carbons (Fsp3) is 0.500. The summed E-state index contributed by atoms with van der Waals surface area (Å²) >= 11 is 0. The fourth-order valence-electron chi connectivity index (χ4n) is 2.08. The minimum absolute atomic E-state index is 0.310. The molecule has 0 saturated heterocycles. The van der Waals surface area contributed by atoms with Crippen molar-refractivity contribution in [3.63, 3.8) is 0 Å². The molecule has 1 nitrogen and oxygen atoms in total. The highest BCUT2D eigenvalue weighted by molar-refractivity contribution is 5.18. The number of hydrogen-bond acceptors (Lipinski definition) is 1. The van der Waals surface area contributed by atoms with Crippen molar-refractivity contribution in [3.8, 4) is 0 Å². The molecule has 106 valence electrons. The molecule has 0 fully saturated rings. The smallest absolute Gasteiger partial charge is 0.159 e. The number of unbranched alkanes of at least 4 members (excludes halogenated alkanes) is 1. The van der Waals surface area contributed by atoms with Gasteiger partial charge in [0.25, 0.3) is 0 Å². The van der Waals surface area contributed by atoms with Crippen LogP contribution in [-0.2, 0) is 6.42 Å². The van der Waals surface area contributed by atoms with Crippen LogP contribution in [0.4, 0.5) is 8.78 Å². The summed E-state index contributed by atoms with van der Waals surface area (Å²) in [6.45, 7) is 6.78. The molecule has 1 aromatic rings. The second-order valence-corrected chi connectivity index (χ2v) is 4.82. The van der Waals surface area contributed by atoms with Crippen LogP contribution in [0.2, 0.25) is 0 Å². The van der Waals surface area contributed by atoms with Gasteiger partial charge >= 0.3 is 0 Å². The molecule has 1 atom stereocenters. The third-order valence-electron chi connectivity index (χ3n) is 3.11. The molecule has 0 radical (unpaired) electrons. The molecule has 0 aromatic heterocycles. The molecule has 0 aliphatic rings. The maximum Gasteiger partial charge on any atom is 0.159 e. The molecule has 0 aliphatic heterocycles. The maximum absolute atomic E-state index is 13.2. The molecule has 1 rings (SSSR count). The average molecular weight is 267 g/mol. The van der Waals surface area contributed by atoms with Crippen LogP contribution in [-0.4, -0.2) is 12.6 Å². The van der Waals surface area contributed by atoms with Crippen LogP contribution in [0.3, 0.4) is 0 Å². The molecule has 0 aliphatic carbocycles. The standard InChI is InChI=1S/C16H23F2N/c1-3-5-6-7-14(19-10-4-2)11-13-8-9-15(17)16(18)12-13/h3,8-9,12,14,19H,1,4-7,10-11H2,2H3. The van der Waals surface area contributed by atoms with Crippen LogP contribution in [0.1, 0.15) is 38.2 Å². The van der Waals surface area contributed by atoms with Gasteiger partial charge in [-0.25, -0.2) is 8.78 Å². The van der Waals surface area contributed by atoms with E-state index in [9.17, 15) is 8.78 Å². The van der Waals surface area contributed by atoms with Crippen LogP contribution >= 0.6 is 0 Å². The van der Waals surface area contributed by atoms with Crippen molar-refractivity contribution in [2.24, 2.45) is 0 Å². The summed E-state index contributed by atoms with van der Waals surface area (Å²) in [5, 5.41) is 3.46. The van der Waals surface area contributed by atoms with Gasteiger partial charge in [-0.2, -0.15) is 0 Å². The lowest BCUT2D eigenvalue weighted by Crippen LogP contribution is -2.31. The van der Waals surface area contributed by atoms with E-state index in [1.165, 1.54) is 12.1 Å². The fourth-order valence-corrected chi connectivity index (χ4v) is 2.08. The average Bonchev–Trinajstić information content (AvgIpc) is 2.40. The van der Waals surface area contributed by atoms with Gasteiger partial charge in [0.1, 0.15) is 0 Å². The van der Waals surface area contributed by atoms with Crippen LogP contribution in [0, 0.1) is 11.6 Å². The van der Waals surface area contributed by atoms with E-state index in [1.54, 1.807) is 6.07 Å². The molecule has 19 heavy (non-hydrogen) atoms. The van der Waals surface area contributed by atoms with E-state index in [4.69, 9.17) is 0 Å². The van der Waals surface area contributed by atoms with E-state index in [1.807, 2.05) is 6.08 Å². The van der Waals surface area contributed by atoms with Gasteiger partial charge in [0.2, 0.25) is 0 Å². The maximum atomic E-state index is 13.2. The predicted octanol–water partition coefficient (Wildman–Crippen LogP) is 4.23. The topological polar surface area (TPSA) is 12.0 Å². The Labute approximate surface area is 114 Å². The first-order valence-corrected chi connectivity index (χ1v) is 6.95. The highest BCUT2D eigenvalue weighted by Crippen LogP contribution is 2.13. The minimum atomic E-state index is -0.784. The molecule has 0 bridgehead atoms. The number of rotatable bonds is 9. The normalized spacial score (nSPS) is 12.4. The summed E-state index contributed by atoms with van der Waals surface area (Å²) < 4.78 is 26.1. The summed E-state index contributed by atoms with van der Waals surface area (Å²) in [7, 11) is 0. The number of allylic oxidation sites excluding steroid dienone is 1. The van der Waals surface area contributed by atoms with Crippen molar-refractivity contribution < 1.29 is 8.78 Å². The van der Waals surface area contributed by atoms with Gasteiger partial charge in [0.15, 0.2) is 11.6 Å². The zero-order chi connectivity index (χ0) is 14.1. The highest BCUT2D eigenvalue weighted by atomic mass is 19.2. The lowest BCUT2D eigenvalue weighted by atomic mass is 10.0. The van der Waals surface area contributed by atoms with Crippen molar-refractivity contribution in [2.45, 2.75) is 45.1 Å². The van der Waals surface area contributed by atoms with Gasteiger partial charge in [0, 0.05) is 6.04 Å². The number of nitrogens with one attached hydrogen (secondary N) is 1. The Kier molecular flexibility index (Phi) is 7.34. The van der Waals surface area contributed by atoms with Gasteiger partial charge in [-0.15, -0.1) is 6.58 Å². The Morgan fingerprint density at radius 2 is 2.11 bits per heavy atom. The van der Waals surface area contributed by atoms with E-state index >= 15 is 0 Å². The minimum Gasteiger partial charge on any atom is -0.314 e. The Balaban J connectivity index is 2.58. The second-order valence-electron chi connectivity index (χ2n) is 4.82. The monoisotopic (exact) mass is 267 g/mol. The van der Waals surface area contributed by atoms with E-state index in [0.717, 1.165) is 44.2 Å². The van der Waals surface area contributed by atoms with Crippen molar-refractivity contribution in [2.75, 3.05) is 6.54 Å². The van der Waals surface area contributed by atoms with Crippen LogP contribution in [0.25, 0.3) is 0 Å². The van der Waals surface area contributed by atoms with E-state index in [0.29, 0.717) is 6.04 Å². The first kappa shape index (κ1) is 15.8. The van der Waals surface area contributed by atoms with Crippen molar-refractivity contribution >= 4 is 0 Å². The van der Waals surface area contributed by atoms with Gasteiger partial charge < -0.3 is 5.32 Å². The van der Waals surface area contributed by atoms with Crippen LogP contribution in [0.15, 0.2) is 30.9 Å².